The van der Waals surface area contributed by atoms with Gasteiger partial charge in [-0.25, -0.2) is 0 Å². The van der Waals surface area contributed by atoms with Crippen LogP contribution in [-0.2, 0) is 47.3 Å². The molecule has 2 atom stereocenters. The second kappa shape index (κ2) is 22.5. The smallest absolute Gasteiger partial charge is 0.269 e. The monoisotopic (exact) mass is 1220 g/mol. The molecule has 16 heteroatoms. The van der Waals surface area contributed by atoms with Crippen LogP contribution in [0.1, 0.15) is 72.2 Å². The normalized spacial score (nSPS) is 19.5. The lowest BCUT2D eigenvalue weighted by molar-refractivity contribution is -0.401. The molecule has 0 bridgehead atoms. The van der Waals surface area contributed by atoms with E-state index in [1.54, 1.807) is 48.5 Å². The number of anilines is 2. The fraction of sp³-hybridized carbons (Fsp3) is 0.211. The van der Waals surface area contributed by atoms with Crippen LogP contribution in [-0.4, -0.2) is 68.5 Å². The van der Waals surface area contributed by atoms with Crippen molar-refractivity contribution in [2.45, 2.75) is 75.0 Å². The number of rotatable bonds is 16. The van der Waals surface area contributed by atoms with Gasteiger partial charge in [0.05, 0.1) is 30.5 Å². The third-order valence-corrected chi connectivity index (χ3v) is 20.0. The summed E-state index contributed by atoms with van der Waals surface area (Å²) in [5, 5.41) is 54.3. The van der Waals surface area contributed by atoms with Crippen LogP contribution >= 0.6 is 0 Å². The van der Waals surface area contributed by atoms with Crippen LogP contribution in [0.4, 0.5) is 45.5 Å². The van der Waals surface area contributed by atoms with E-state index in [1.807, 2.05) is 14.1 Å². The lowest BCUT2D eigenvalue weighted by atomic mass is 9.69. The average molecular weight is 1220 g/mol. The fourth-order valence-electron chi connectivity index (χ4n) is 15.7. The maximum atomic E-state index is 12.8. The number of benzene rings is 9. The van der Waals surface area contributed by atoms with Gasteiger partial charge in [-0.15, -0.1) is 0 Å². The van der Waals surface area contributed by atoms with E-state index in [0.717, 1.165) is 89.7 Å². The maximum absolute atomic E-state index is 12.8. The summed E-state index contributed by atoms with van der Waals surface area (Å²) in [5.74, 6) is 0. The molecule has 9 aromatic carbocycles. The molecule has 9 aromatic rings. The van der Waals surface area contributed by atoms with Gasteiger partial charge in [0.2, 0.25) is 11.4 Å². The molecule has 458 valence electrons. The molecule has 0 N–H and O–H groups in total. The van der Waals surface area contributed by atoms with Crippen molar-refractivity contribution in [3.8, 4) is 0 Å². The Morgan fingerprint density at radius 1 is 0.413 bits per heavy atom. The molecule has 0 radical (unpaired) electrons. The molecule has 4 heterocycles. The number of hydrogen-bond donors (Lipinski definition) is 0. The molecule has 2 unspecified atom stereocenters. The Bertz CT molecular complexity index is 4520. The summed E-state index contributed by atoms with van der Waals surface area (Å²) in [7, 11) is 8.13. The van der Waals surface area contributed by atoms with Gasteiger partial charge in [-0.2, -0.15) is 9.15 Å². The van der Waals surface area contributed by atoms with Crippen molar-refractivity contribution in [2.75, 3.05) is 38.0 Å². The Labute approximate surface area is 532 Å². The van der Waals surface area contributed by atoms with E-state index in [1.165, 1.54) is 58.3 Å². The first-order valence-corrected chi connectivity index (χ1v) is 30.7. The lowest BCUT2D eigenvalue weighted by Gasteiger charge is -2.34. The summed E-state index contributed by atoms with van der Waals surface area (Å²) in [4.78, 5) is 52.2. The molecular formula is C76H68N8O8+2. The SMILES string of the molecule is CN1/C(=C\C=C\C2=[N+](C)c3ccc4ccccc4c3C2(C)C)C(Cc2ccc(CC3(Cc4ccc([N+](=O)[O-])cc4)/C(=C/C=C/C4=[N+](C)c5ccc6ccccc6c5C4(C)C)N(C)c4ccc([N+](=O)[O-])cc43)cc2)(Cc2ccc([N+](=O)[O-])cc2)c2cc([N+](=O)[O-])ccc21. The molecule has 0 amide bonds. The van der Waals surface area contributed by atoms with Crippen LogP contribution < -0.4 is 9.80 Å². The number of non-ortho nitro benzene ring substituents is 4. The Morgan fingerprint density at radius 2 is 0.728 bits per heavy atom. The van der Waals surface area contributed by atoms with Crippen molar-refractivity contribution in [1.82, 2.24) is 0 Å². The minimum absolute atomic E-state index is 0.0547. The van der Waals surface area contributed by atoms with Gasteiger partial charge in [-0.3, -0.25) is 40.5 Å². The Balaban J connectivity index is 0.933. The largest absolute Gasteiger partial charge is 0.347 e. The number of likely N-dealkylation sites (N-methyl/N-ethyl adjacent to an activating group) is 2. The van der Waals surface area contributed by atoms with E-state index < -0.39 is 20.7 Å². The number of nitro benzene ring substituents is 4. The summed E-state index contributed by atoms with van der Waals surface area (Å²) >= 11 is 0. The quantitative estimate of drug-likeness (QED) is 0.0512. The number of fused-ring (bicyclic) bond motifs is 8. The van der Waals surface area contributed by atoms with Crippen LogP contribution in [0.2, 0.25) is 0 Å². The Morgan fingerprint density at radius 3 is 1.07 bits per heavy atom. The third kappa shape index (κ3) is 9.84. The first kappa shape index (κ1) is 59.9. The zero-order chi connectivity index (χ0) is 64.8. The molecule has 0 fully saturated rings. The van der Waals surface area contributed by atoms with Crippen molar-refractivity contribution in [3.05, 3.63) is 315 Å². The first-order chi connectivity index (χ1) is 44.0. The summed E-state index contributed by atoms with van der Waals surface area (Å²) in [5.41, 5.74) is 12.1. The highest BCUT2D eigenvalue weighted by Crippen LogP contribution is 2.55. The summed E-state index contributed by atoms with van der Waals surface area (Å²) < 4.78 is 4.48. The minimum atomic E-state index is -0.973. The van der Waals surface area contributed by atoms with Crippen LogP contribution in [0.3, 0.4) is 0 Å². The van der Waals surface area contributed by atoms with Crippen molar-refractivity contribution in [2.24, 2.45) is 0 Å². The molecule has 0 aromatic heterocycles. The van der Waals surface area contributed by atoms with Crippen LogP contribution in [0.15, 0.2) is 230 Å². The molecule has 4 aliphatic rings. The molecule has 0 saturated carbocycles. The van der Waals surface area contributed by atoms with E-state index in [0.29, 0.717) is 25.7 Å². The van der Waals surface area contributed by atoms with Gasteiger partial charge < -0.3 is 9.80 Å². The van der Waals surface area contributed by atoms with E-state index in [9.17, 15) is 40.5 Å². The second-order valence-electron chi connectivity index (χ2n) is 25.9. The Hall–Kier alpha value is -11.0. The maximum Gasteiger partial charge on any atom is 0.269 e. The van der Waals surface area contributed by atoms with Gasteiger partial charge in [-0.1, -0.05) is 109 Å². The van der Waals surface area contributed by atoms with Crippen LogP contribution in [0.25, 0.3) is 21.5 Å². The van der Waals surface area contributed by atoms with Crippen molar-refractivity contribution in [3.63, 3.8) is 0 Å². The lowest BCUT2D eigenvalue weighted by Crippen LogP contribution is -2.35. The molecule has 13 rings (SSSR count). The van der Waals surface area contributed by atoms with E-state index in [4.69, 9.17) is 0 Å². The highest BCUT2D eigenvalue weighted by atomic mass is 16.6. The van der Waals surface area contributed by atoms with Gasteiger partial charge in [0, 0.05) is 132 Å². The van der Waals surface area contributed by atoms with Gasteiger partial charge in [0.15, 0.2) is 11.4 Å². The summed E-state index contributed by atoms with van der Waals surface area (Å²) in [6.45, 7) is 8.96. The number of hydrogen-bond acceptors (Lipinski definition) is 10. The zero-order valence-electron chi connectivity index (χ0n) is 52.5. The number of nitrogens with zero attached hydrogens (tertiary/aromatic N) is 8. The average Bonchev–Trinajstić information content (AvgIpc) is 1.60. The molecule has 92 heavy (non-hydrogen) atoms. The molecular weight excluding hydrogens is 1150 g/mol. The summed E-state index contributed by atoms with van der Waals surface area (Å²) in [6, 6.07) is 56.8. The fourth-order valence-corrected chi connectivity index (χ4v) is 15.7. The molecule has 0 aliphatic carbocycles. The van der Waals surface area contributed by atoms with Gasteiger partial charge >= 0.3 is 0 Å². The summed E-state index contributed by atoms with van der Waals surface area (Å²) in [6.07, 6.45) is 14.0. The van der Waals surface area contributed by atoms with E-state index in [-0.39, 0.29) is 43.4 Å². The highest BCUT2D eigenvalue weighted by Gasteiger charge is 2.50. The van der Waals surface area contributed by atoms with Crippen LogP contribution in [0, 0.1) is 40.5 Å². The van der Waals surface area contributed by atoms with Gasteiger partial charge in [-0.05, 0) is 145 Å². The van der Waals surface area contributed by atoms with Crippen molar-refractivity contribution in [1.29, 1.82) is 0 Å². The third-order valence-electron chi connectivity index (χ3n) is 20.0. The molecule has 16 nitrogen and oxygen atoms in total. The zero-order valence-corrected chi connectivity index (χ0v) is 52.5. The predicted molar refractivity (Wildman–Crippen MR) is 364 cm³/mol. The van der Waals surface area contributed by atoms with E-state index in [2.05, 4.69) is 194 Å². The minimum Gasteiger partial charge on any atom is -0.347 e. The van der Waals surface area contributed by atoms with Crippen molar-refractivity contribution >= 4 is 78.5 Å². The van der Waals surface area contributed by atoms with Gasteiger partial charge in [0.25, 0.3) is 22.7 Å². The number of allylic oxidation sites excluding steroid dienone is 8. The standard InChI is InChI=1S/C76H68N8O8/c1-73(2)67(79(7)65-39-31-53-15-9-11-17-59(53)71(65)73)19-13-21-69-75(47-51-27-33-55(34-28-51)81(85)86,61-43-57(83(89)90)37-41-63(61)77(69)5)45-49-23-25-50(26-24-49)46-76(48-52-29-35-56(36-30-52)82(87)88)62-44-58(84(91)92)38-42-64(62)78(6)70(76)22-14-20-68-74(3,4)72-60-18-12-10-16-54(60)32-40-66(72)80(68)8/h9-44H,45-48H2,1-8H3/q+2. The second-order valence-corrected chi connectivity index (χ2v) is 25.9. The highest BCUT2D eigenvalue weighted by molar-refractivity contribution is 6.09. The molecule has 0 spiro atoms. The first-order valence-electron chi connectivity index (χ1n) is 30.7. The molecule has 0 saturated heterocycles. The predicted octanol–water partition coefficient (Wildman–Crippen LogP) is 16.3. The molecule has 4 aliphatic heterocycles. The Kier molecular flexibility index (Phi) is 14.7. The van der Waals surface area contributed by atoms with Crippen LogP contribution in [0.5, 0.6) is 0 Å². The topological polar surface area (TPSA) is 185 Å². The van der Waals surface area contributed by atoms with Crippen molar-refractivity contribution < 1.29 is 28.8 Å². The van der Waals surface area contributed by atoms with E-state index >= 15 is 0 Å². The van der Waals surface area contributed by atoms with Gasteiger partial charge in [0.1, 0.15) is 14.1 Å². The number of nitro groups is 4.